The lowest BCUT2D eigenvalue weighted by Gasteiger charge is -2.23. The Morgan fingerprint density at radius 1 is 0.812 bits per heavy atom. The van der Waals surface area contributed by atoms with Gasteiger partial charge in [-0.15, -0.1) is 0 Å². The average molecular weight is 225 g/mol. The van der Waals surface area contributed by atoms with Crippen molar-refractivity contribution >= 4 is 0 Å². The van der Waals surface area contributed by atoms with Gasteiger partial charge in [0.1, 0.15) is 0 Å². The molecule has 2 unspecified atom stereocenters. The molecule has 0 rings (SSSR count). The molecule has 0 nitrogen and oxygen atoms in total. The molecule has 0 saturated heterocycles. The molecule has 0 aliphatic heterocycles. The van der Waals surface area contributed by atoms with E-state index in [4.69, 9.17) is 0 Å². The first-order valence-electron chi connectivity index (χ1n) is 7.55. The van der Waals surface area contributed by atoms with E-state index in [0.29, 0.717) is 0 Å². The highest BCUT2D eigenvalue weighted by atomic mass is 14.2. The minimum absolute atomic E-state index is 0.920. The first-order chi connectivity index (χ1) is 7.76. The number of unbranched alkanes of at least 4 members (excludes halogenated alkanes) is 4. The topological polar surface area (TPSA) is 0 Å². The van der Waals surface area contributed by atoms with Crippen molar-refractivity contribution in [2.24, 2.45) is 11.8 Å². The largest absolute Gasteiger partial charge is 0.0654 e. The summed E-state index contributed by atoms with van der Waals surface area (Å²) in [5.41, 5.74) is 0. The van der Waals surface area contributed by atoms with Gasteiger partial charge in [0.05, 0.1) is 0 Å². The van der Waals surface area contributed by atoms with Crippen LogP contribution >= 0.6 is 0 Å². The Morgan fingerprint density at radius 3 is 2.06 bits per heavy atom. The van der Waals surface area contributed by atoms with Crippen LogP contribution in [0.3, 0.4) is 0 Å². The fraction of sp³-hybridized carbons (Fsp3) is 0.938. The van der Waals surface area contributed by atoms with E-state index in [1.165, 1.54) is 57.8 Å². The molecule has 0 fully saturated rings. The van der Waals surface area contributed by atoms with Gasteiger partial charge in [-0.2, -0.15) is 0 Å². The molecule has 0 saturated carbocycles. The van der Waals surface area contributed by atoms with Gasteiger partial charge in [0.2, 0.25) is 0 Å². The van der Waals surface area contributed by atoms with Gasteiger partial charge in [-0.05, 0) is 11.8 Å². The maximum Gasteiger partial charge on any atom is -0.0388 e. The van der Waals surface area contributed by atoms with Gasteiger partial charge >= 0.3 is 0 Å². The zero-order chi connectivity index (χ0) is 12.2. The molecule has 0 aliphatic carbocycles. The molecule has 97 valence electrons. The lowest BCUT2D eigenvalue weighted by Crippen LogP contribution is -2.12. The maximum absolute atomic E-state index is 4.03. The Morgan fingerprint density at radius 2 is 1.50 bits per heavy atom. The van der Waals surface area contributed by atoms with Gasteiger partial charge in [0.15, 0.2) is 0 Å². The molecule has 0 aromatic carbocycles. The van der Waals surface area contributed by atoms with Crippen LogP contribution < -0.4 is 0 Å². The van der Waals surface area contributed by atoms with Crippen molar-refractivity contribution in [2.45, 2.75) is 85.0 Å². The number of hydrogen-bond acceptors (Lipinski definition) is 0. The Bertz CT molecular complexity index is 128. The second-order valence-electron chi connectivity index (χ2n) is 5.37. The minimum atomic E-state index is 0.920. The zero-order valence-electron chi connectivity index (χ0n) is 11.9. The van der Waals surface area contributed by atoms with Gasteiger partial charge in [0.25, 0.3) is 0 Å². The predicted molar refractivity (Wildman–Crippen MR) is 75.5 cm³/mol. The maximum atomic E-state index is 4.03. The standard InChI is InChI=1S/C16H33/c1-5-8-10-11-14-16(12-7-3)15(4)13-9-6-2/h15-16H,3,5-14H2,1-2,4H3. The Labute approximate surface area is 104 Å². The summed E-state index contributed by atoms with van der Waals surface area (Å²) >= 11 is 0. The van der Waals surface area contributed by atoms with E-state index in [9.17, 15) is 0 Å². The second kappa shape index (κ2) is 11.5. The van der Waals surface area contributed by atoms with E-state index >= 15 is 0 Å². The zero-order valence-corrected chi connectivity index (χ0v) is 11.9. The molecule has 0 spiro atoms. The fourth-order valence-electron chi connectivity index (χ4n) is 2.57. The van der Waals surface area contributed by atoms with Gasteiger partial charge in [-0.3, -0.25) is 0 Å². The Balaban J connectivity index is 3.75. The van der Waals surface area contributed by atoms with Gasteiger partial charge in [0, 0.05) is 0 Å². The summed E-state index contributed by atoms with van der Waals surface area (Å²) in [6, 6.07) is 0. The average Bonchev–Trinajstić information content (AvgIpc) is 2.30. The van der Waals surface area contributed by atoms with Gasteiger partial charge in [-0.25, -0.2) is 0 Å². The van der Waals surface area contributed by atoms with E-state index < -0.39 is 0 Å². The normalized spacial score (nSPS) is 15.0. The number of rotatable bonds is 11. The van der Waals surface area contributed by atoms with Crippen molar-refractivity contribution in [3.63, 3.8) is 0 Å². The highest BCUT2D eigenvalue weighted by Crippen LogP contribution is 2.27. The molecule has 1 radical (unpaired) electrons. The van der Waals surface area contributed by atoms with Crippen LogP contribution in [0.2, 0.25) is 0 Å². The summed E-state index contributed by atoms with van der Waals surface area (Å²) in [5, 5.41) is 0. The van der Waals surface area contributed by atoms with Crippen molar-refractivity contribution in [1.29, 1.82) is 0 Å². The van der Waals surface area contributed by atoms with Crippen molar-refractivity contribution in [3.8, 4) is 0 Å². The molecule has 0 amide bonds. The third-order valence-electron chi connectivity index (χ3n) is 3.82. The fourth-order valence-corrected chi connectivity index (χ4v) is 2.57. The highest BCUT2D eigenvalue weighted by molar-refractivity contribution is 4.68. The first kappa shape index (κ1) is 16.0. The molecule has 0 aliphatic rings. The molecule has 2 atom stereocenters. The summed E-state index contributed by atoms with van der Waals surface area (Å²) in [5.74, 6) is 1.87. The van der Waals surface area contributed by atoms with Crippen molar-refractivity contribution in [2.75, 3.05) is 0 Å². The molecule has 0 heteroatoms. The third kappa shape index (κ3) is 8.19. The molecule has 0 aromatic rings. The monoisotopic (exact) mass is 225 g/mol. The molecule has 0 heterocycles. The van der Waals surface area contributed by atoms with E-state index in [-0.39, 0.29) is 0 Å². The van der Waals surface area contributed by atoms with Crippen molar-refractivity contribution < 1.29 is 0 Å². The Hall–Kier alpha value is 0. The SMILES string of the molecule is [CH2]CCC(CCCCCC)C(C)CCCC. The van der Waals surface area contributed by atoms with E-state index in [0.717, 1.165) is 18.3 Å². The van der Waals surface area contributed by atoms with E-state index in [1.807, 2.05) is 0 Å². The van der Waals surface area contributed by atoms with Crippen LogP contribution in [0.4, 0.5) is 0 Å². The first-order valence-corrected chi connectivity index (χ1v) is 7.55. The summed E-state index contributed by atoms with van der Waals surface area (Å²) in [4.78, 5) is 0. The second-order valence-corrected chi connectivity index (χ2v) is 5.37. The summed E-state index contributed by atoms with van der Waals surface area (Å²) in [7, 11) is 0. The van der Waals surface area contributed by atoms with Crippen LogP contribution in [0.15, 0.2) is 0 Å². The van der Waals surface area contributed by atoms with Crippen LogP contribution in [-0.4, -0.2) is 0 Å². The Kier molecular flexibility index (Phi) is 11.5. The van der Waals surface area contributed by atoms with Crippen molar-refractivity contribution in [3.05, 3.63) is 6.92 Å². The third-order valence-corrected chi connectivity index (χ3v) is 3.82. The van der Waals surface area contributed by atoms with Gasteiger partial charge in [-0.1, -0.05) is 91.9 Å². The van der Waals surface area contributed by atoms with E-state index in [2.05, 4.69) is 27.7 Å². The van der Waals surface area contributed by atoms with Crippen molar-refractivity contribution in [1.82, 2.24) is 0 Å². The van der Waals surface area contributed by atoms with Gasteiger partial charge < -0.3 is 0 Å². The summed E-state index contributed by atoms with van der Waals surface area (Å²) < 4.78 is 0. The summed E-state index contributed by atoms with van der Waals surface area (Å²) in [6.07, 6.45) is 13.7. The van der Waals surface area contributed by atoms with Crippen LogP contribution in [-0.2, 0) is 0 Å². The molecule has 16 heavy (non-hydrogen) atoms. The number of hydrogen-bond donors (Lipinski definition) is 0. The highest BCUT2D eigenvalue weighted by Gasteiger charge is 2.15. The van der Waals surface area contributed by atoms with Crippen LogP contribution in [0, 0.1) is 18.8 Å². The predicted octanol–water partition coefficient (Wildman–Crippen LogP) is 6.01. The van der Waals surface area contributed by atoms with E-state index in [1.54, 1.807) is 0 Å². The van der Waals surface area contributed by atoms with Crippen LogP contribution in [0.25, 0.3) is 0 Å². The molecule has 0 aromatic heterocycles. The lowest BCUT2D eigenvalue weighted by molar-refractivity contribution is 0.286. The quantitative estimate of drug-likeness (QED) is 0.377. The lowest BCUT2D eigenvalue weighted by atomic mass is 9.83. The summed E-state index contributed by atoms with van der Waals surface area (Å²) in [6.45, 7) is 11.1. The molecular formula is C16H33. The van der Waals surface area contributed by atoms with Crippen LogP contribution in [0.5, 0.6) is 0 Å². The smallest absolute Gasteiger partial charge is 0.0388 e. The molecular weight excluding hydrogens is 192 g/mol. The molecule has 0 N–H and O–H groups in total. The molecule has 0 bridgehead atoms. The minimum Gasteiger partial charge on any atom is -0.0654 e. The van der Waals surface area contributed by atoms with Crippen LogP contribution in [0.1, 0.15) is 85.0 Å².